The Balaban J connectivity index is 2.19. The molecule has 0 spiro atoms. The molecule has 0 bridgehead atoms. The van der Waals surface area contributed by atoms with E-state index in [0.29, 0.717) is 0 Å². The maximum absolute atomic E-state index is 10.8. The summed E-state index contributed by atoms with van der Waals surface area (Å²) in [6.07, 6.45) is 5.16. The van der Waals surface area contributed by atoms with Crippen molar-refractivity contribution in [3.63, 3.8) is 0 Å². The SMILES string of the molecule is CCSC1CCCCN(CCCNC(C)=O)C1. The molecule has 1 fully saturated rings. The molecule has 1 aliphatic heterocycles. The van der Waals surface area contributed by atoms with Crippen LogP contribution in [-0.2, 0) is 4.79 Å². The molecule has 0 aromatic rings. The molecule has 1 rings (SSSR count). The fourth-order valence-electron chi connectivity index (χ4n) is 2.32. The summed E-state index contributed by atoms with van der Waals surface area (Å²) in [5.41, 5.74) is 0. The van der Waals surface area contributed by atoms with Gasteiger partial charge >= 0.3 is 0 Å². The highest BCUT2D eigenvalue weighted by atomic mass is 32.2. The van der Waals surface area contributed by atoms with Crippen molar-refractivity contribution in [1.82, 2.24) is 10.2 Å². The Morgan fingerprint density at radius 3 is 3.00 bits per heavy atom. The fraction of sp³-hybridized carbons (Fsp3) is 0.923. The third-order valence-electron chi connectivity index (χ3n) is 3.14. The van der Waals surface area contributed by atoms with E-state index in [1.807, 2.05) is 0 Å². The van der Waals surface area contributed by atoms with Crippen molar-refractivity contribution < 1.29 is 4.79 Å². The number of rotatable bonds is 6. The maximum Gasteiger partial charge on any atom is 0.216 e. The Kier molecular flexibility index (Phi) is 7.69. The molecule has 100 valence electrons. The van der Waals surface area contributed by atoms with Gasteiger partial charge in [0.25, 0.3) is 0 Å². The molecule has 0 aliphatic carbocycles. The number of amides is 1. The molecule has 4 heteroatoms. The van der Waals surface area contributed by atoms with E-state index < -0.39 is 0 Å². The van der Waals surface area contributed by atoms with Crippen LogP contribution < -0.4 is 5.32 Å². The third-order valence-corrected chi connectivity index (χ3v) is 4.33. The summed E-state index contributed by atoms with van der Waals surface area (Å²) in [7, 11) is 0. The molecule has 0 aromatic carbocycles. The molecule has 1 saturated heterocycles. The van der Waals surface area contributed by atoms with Gasteiger partial charge in [-0.3, -0.25) is 4.79 Å². The van der Waals surface area contributed by atoms with Gasteiger partial charge in [0.1, 0.15) is 0 Å². The summed E-state index contributed by atoms with van der Waals surface area (Å²) in [6.45, 7) is 8.24. The molecule has 3 nitrogen and oxygen atoms in total. The third kappa shape index (κ3) is 6.94. The molecule has 1 amide bonds. The summed E-state index contributed by atoms with van der Waals surface area (Å²) < 4.78 is 0. The molecule has 1 atom stereocenters. The van der Waals surface area contributed by atoms with E-state index in [4.69, 9.17) is 0 Å². The first-order valence-corrected chi connectivity index (χ1v) is 7.85. The molecule has 1 N–H and O–H groups in total. The lowest BCUT2D eigenvalue weighted by Crippen LogP contribution is -2.33. The molecule has 0 saturated carbocycles. The van der Waals surface area contributed by atoms with E-state index in [9.17, 15) is 4.79 Å². The zero-order chi connectivity index (χ0) is 12.5. The zero-order valence-corrected chi connectivity index (χ0v) is 12.0. The van der Waals surface area contributed by atoms with Crippen molar-refractivity contribution in [3.05, 3.63) is 0 Å². The quantitative estimate of drug-likeness (QED) is 0.741. The lowest BCUT2D eigenvalue weighted by atomic mass is 10.2. The van der Waals surface area contributed by atoms with E-state index in [-0.39, 0.29) is 5.91 Å². The van der Waals surface area contributed by atoms with Crippen LogP contribution in [0.3, 0.4) is 0 Å². The monoisotopic (exact) mass is 258 g/mol. The van der Waals surface area contributed by atoms with Gasteiger partial charge in [0.2, 0.25) is 5.91 Å². The van der Waals surface area contributed by atoms with Crippen molar-refractivity contribution in [2.24, 2.45) is 0 Å². The minimum atomic E-state index is 0.0836. The second-order valence-electron chi connectivity index (χ2n) is 4.71. The van der Waals surface area contributed by atoms with Crippen LogP contribution in [0.2, 0.25) is 0 Å². The molecule has 0 aromatic heterocycles. The fourth-order valence-corrected chi connectivity index (χ4v) is 3.44. The van der Waals surface area contributed by atoms with Gasteiger partial charge in [-0.2, -0.15) is 11.8 Å². The number of nitrogens with zero attached hydrogens (tertiary/aromatic N) is 1. The zero-order valence-electron chi connectivity index (χ0n) is 11.2. The van der Waals surface area contributed by atoms with Crippen LogP contribution in [0.1, 0.15) is 39.5 Å². The average molecular weight is 258 g/mol. The Morgan fingerprint density at radius 2 is 2.29 bits per heavy atom. The van der Waals surface area contributed by atoms with E-state index in [2.05, 4.69) is 28.9 Å². The normalized spacial score (nSPS) is 22.1. The molecule has 1 aliphatic rings. The van der Waals surface area contributed by atoms with Gasteiger partial charge in [0.05, 0.1) is 0 Å². The number of hydrogen-bond donors (Lipinski definition) is 1. The van der Waals surface area contributed by atoms with Crippen molar-refractivity contribution in [1.29, 1.82) is 0 Å². The highest BCUT2D eigenvalue weighted by molar-refractivity contribution is 7.99. The molecular weight excluding hydrogens is 232 g/mol. The van der Waals surface area contributed by atoms with Crippen LogP contribution in [0.25, 0.3) is 0 Å². The van der Waals surface area contributed by atoms with Crippen LogP contribution in [0, 0.1) is 0 Å². The topological polar surface area (TPSA) is 32.3 Å². The second kappa shape index (κ2) is 8.81. The van der Waals surface area contributed by atoms with Gasteiger partial charge in [-0.1, -0.05) is 13.3 Å². The summed E-state index contributed by atoms with van der Waals surface area (Å²) in [5, 5.41) is 3.69. The van der Waals surface area contributed by atoms with Crippen molar-refractivity contribution in [2.45, 2.75) is 44.8 Å². The van der Waals surface area contributed by atoms with Crippen LogP contribution >= 0.6 is 11.8 Å². The molecule has 1 heterocycles. The second-order valence-corrected chi connectivity index (χ2v) is 6.29. The number of thioether (sulfide) groups is 1. The summed E-state index contributed by atoms with van der Waals surface area (Å²) in [4.78, 5) is 13.3. The molecular formula is C13H26N2OS. The maximum atomic E-state index is 10.8. The van der Waals surface area contributed by atoms with Gasteiger partial charge in [-0.05, 0) is 38.1 Å². The molecule has 1 unspecified atom stereocenters. The van der Waals surface area contributed by atoms with Crippen LogP contribution in [0.15, 0.2) is 0 Å². The van der Waals surface area contributed by atoms with Gasteiger partial charge in [-0.25, -0.2) is 0 Å². The van der Waals surface area contributed by atoms with E-state index in [1.165, 1.54) is 38.1 Å². The van der Waals surface area contributed by atoms with E-state index in [0.717, 1.165) is 24.8 Å². The van der Waals surface area contributed by atoms with Crippen molar-refractivity contribution in [2.75, 3.05) is 31.9 Å². The van der Waals surface area contributed by atoms with Crippen LogP contribution in [0.5, 0.6) is 0 Å². The number of likely N-dealkylation sites (tertiary alicyclic amines) is 1. The van der Waals surface area contributed by atoms with Gasteiger partial charge in [0.15, 0.2) is 0 Å². The Morgan fingerprint density at radius 1 is 1.47 bits per heavy atom. The smallest absolute Gasteiger partial charge is 0.216 e. The van der Waals surface area contributed by atoms with Gasteiger partial charge in [0, 0.05) is 25.3 Å². The van der Waals surface area contributed by atoms with Crippen molar-refractivity contribution in [3.8, 4) is 0 Å². The van der Waals surface area contributed by atoms with Crippen LogP contribution in [-0.4, -0.2) is 48.0 Å². The van der Waals surface area contributed by atoms with Crippen molar-refractivity contribution >= 4 is 17.7 Å². The van der Waals surface area contributed by atoms with Gasteiger partial charge in [-0.15, -0.1) is 0 Å². The molecule has 17 heavy (non-hydrogen) atoms. The minimum Gasteiger partial charge on any atom is -0.356 e. The van der Waals surface area contributed by atoms with E-state index >= 15 is 0 Å². The Labute approximate surface area is 110 Å². The number of nitrogens with one attached hydrogen (secondary N) is 1. The lowest BCUT2D eigenvalue weighted by molar-refractivity contribution is -0.118. The standard InChI is InChI=1S/C13H26N2OS/c1-3-17-13-7-4-5-9-15(11-13)10-6-8-14-12(2)16/h13H,3-11H2,1-2H3,(H,14,16). The predicted molar refractivity (Wildman–Crippen MR) is 75.5 cm³/mol. The Hall–Kier alpha value is -0.220. The summed E-state index contributed by atoms with van der Waals surface area (Å²) in [5.74, 6) is 1.31. The first-order chi connectivity index (χ1) is 8.22. The summed E-state index contributed by atoms with van der Waals surface area (Å²) >= 11 is 2.10. The van der Waals surface area contributed by atoms with Crippen LogP contribution in [0.4, 0.5) is 0 Å². The number of hydrogen-bond acceptors (Lipinski definition) is 3. The lowest BCUT2D eigenvalue weighted by Gasteiger charge is -2.23. The average Bonchev–Trinajstić information content (AvgIpc) is 2.50. The largest absolute Gasteiger partial charge is 0.356 e. The minimum absolute atomic E-state index is 0.0836. The number of carbonyl (C=O) groups excluding carboxylic acids is 1. The van der Waals surface area contributed by atoms with Gasteiger partial charge < -0.3 is 10.2 Å². The summed E-state index contributed by atoms with van der Waals surface area (Å²) in [6, 6.07) is 0. The molecule has 0 radical (unpaired) electrons. The predicted octanol–water partition coefficient (Wildman–Crippen LogP) is 2.12. The first kappa shape index (κ1) is 14.8. The number of carbonyl (C=O) groups is 1. The Bertz CT molecular complexity index is 223. The van der Waals surface area contributed by atoms with E-state index in [1.54, 1.807) is 6.92 Å². The highest BCUT2D eigenvalue weighted by Crippen LogP contribution is 2.21. The first-order valence-electron chi connectivity index (χ1n) is 6.80. The highest BCUT2D eigenvalue weighted by Gasteiger charge is 2.17.